The molecule has 0 unspecified atom stereocenters. The summed E-state index contributed by atoms with van der Waals surface area (Å²) < 4.78 is 4.87. The third-order valence-corrected chi connectivity index (χ3v) is 2.13. The van der Waals surface area contributed by atoms with Gasteiger partial charge in [0.15, 0.2) is 0 Å². The molecule has 8 nitrogen and oxygen atoms in total. The minimum atomic E-state index is -1.78. The van der Waals surface area contributed by atoms with Gasteiger partial charge in [-0.05, 0) is 20.8 Å². The number of hydrogen-bond donors (Lipinski definition) is 5. The fourth-order valence-corrected chi connectivity index (χ4v) is 1.19. The molecule has 0 saturated heterocycles. The van der Waals surface area contributed by atoms with Crippen LogP contribution < -0.4 is 5.32 Å². The highest BCUT2D eigenvalue weighted by Gasteiger charge is 2.32. The molecule has 0 aliphatic rings. The minimum Gasteiger partial charge on any atom is -0.444 e. The van der Waals surface area contributed by atoms with E-state index in [1.807, 2.05) is 0 Å². The van der Waals surface area contributed by atoms with Crippen LogP contribution >= 0.6 is 0 Å². The number of aliphatic hydroxyl groups is 4. The highest BCUT2D eigenvalue weighted by atomic mass is 16.6. The number of carbonyl (C=O) groups is 2. The van der Waals surface area contributed by atoms with Crippen LogP contribution in [0.15, 0.2) is 0 Å². The molecule has 0 aliphatic carbocycles. The lowest BCUT2D eigenvalue weighted by Gasteiger charge is -2.27. The molecule has 4 atom stereocenters. The largest absolute Gasteiger partial charge is 0.444 e. The Morgan fingerprint density at radius 1 is 1.26 bits per heavy atom. The first kappa shape index (κ1) is 17.8. The molecule has 0 heterocycles. The van der Waals surface area contributed by atoms with Crippen LogP contribution in [0.25, 0.3) is 0 Å². The lowest BCUT2D eigenvalue weighted by molar-refractivity contribution is -0.120. The molecule has 0 bridgehead atoms. The lowest BCUT2D eigenvalue weighted by Crippen LogP contribution is -2.54. The monoisotopic (exact) mass is 279 g/mol. The highest BCUT2D eigenvalue weighted by Crippen LogP contribution is 2.08. The molecule has 0 aliphatic heterocycles. The van der Waals surface area contributed by atoms with Gasteiger partial charge in [0.05, 0.1) is 6.61 Å². The van der Waals surface area contributed by atoms with Gasteiger partial charge in [0.25, 0.3) is 0 Å². The molecule has 8 heteroatoms. The zero-order chi connectivity index (χ0) is 15.2. The van der Waals surface area contributed by atoms with Crippen molar-refractivity contribution in [2.24, 2.45) is 0 Å². The average molecular weight is 279 g/mol. The van der Waals surface area contributed by atoms with Gasteiger partial charge < -0.3 is 35.3 Å². The Labute approximate surface area is 111 Å². The molecule has 0 aromatic carbocycles. The maximum atomic E-state index is 11.4. The van der Waals surface area contributed by atoms with E-state index >= 15 is 0 Å². The zero-order valence-corrected chi connectivity index (χ0v) is 11.1. The van der Waals surface area contributed by atoms with Crippen LogP contribution in [0.4, 0.5) is 4.79 Å². The predicted molar refractivity (Wildman–Crippen MR) is 64.3 cm³/mol. The third-order valence-electron chi connectivity index (χ3n) is 2.13. The number of amides is 1. The number of ether oxygens (including phenoxy) is 1. The Kier molecular flexibility index (Phi) is 6.91. The predicted octanol–water partition coefficient (Wildman–Crippen LogP) is -1.85. The quantitative estimate of drug-likeness (QED) is 0.360. The topological polar surface area (TPSA) is 136 Å². The number of aliphatic hydroxyl groups excluding tert-OH is 4. The summed E-state index contributed by atoms with van der Waals surface area (Å²) >= 11 is 0. The number of rotatable bonds is 6. The van der Waals surface area contributed by atoms with E-state index in [1.54, 1.807) is 20.8 Å². The Hall–Kier alpha value is -1.22. The molecule has 0 spiro atoms. The fourth-order valence-electron chi connectivity index (χ4n) is 1.19. The summed E-state index contributed by atoms with van der Waals surface area (Å²) in [5.74, 6) is 0. The second-order valence-electron chi connectivity index (χ2n) is 5.04. The van der Waals surface area contributed by atoms with Crippen molar-refractivity contribution in [2.75, 3.05) is 6.61 Å². The maximum absolute atomic E-state index is 11.4. The molecule has 0 fully saturated rings. The molecule has 112 valence electrons. The molecule has 5 N–H and O–H groups in total. The average Bonchev–Trinajstić information content (AvgIpc) is 2.30. The van der Waals surface area contributed by atoms with E-state index in [9.17, 15) is 19.8 Å². The van der Waals surface area contributed by atoms with E-state index in [2.05, 4.69) is 5.32 Å². The first-order valence-corrected chi connectivity index (χ1v) is 5.72. The summed E-state index contributed by atoms with van der Waals surface area (Å²) in [6, 6.07) is -1.47. The van der Waals surface area contributed by atoms with Gasteiger partial charge in [0.1, 0.15) is 36.2 Å². The normalized spacial score (nSPS) is 18.1. The maximum Gasteiger partial charge on any atom is 0.408 e. The first-order valence-electron chi connectivity index (χ1n) is 5.72. The second-order valence-corrected chi connectivity index (χ2v) is 5.04. The number of nitrogens with one attached hydrogen (secondary N) is 1. The Morgan fingerprint density at radius 3 is 2.16 bits per heavy atom. The standard InChI is InChI=1S/C11H21NO7/c1-11(2,3)19-10(18)12-6(4-13)8(16)9(17)7(15)5-14/h4,6-9,14-17H,5H2,1-3H3,(H,12,18)/t6-,7-,8+,9+/m1/s1. The van der Waals surface area contributed by atoms with E-state index in [1.165, 1.54) is 0 Å². The van der Waals surface area contributed by atoms with E-state index < -0.39 is 42.7 Å². The van der Waals surface area contributed by atoms with Crippen LogP contribution in [0.3, 0.4) is 0 Å². The van der Waals surface area contributed by atoms with Crippen molar-refractivity contribution in [3.63, 3.8) is 0 Å². The smallest absolute Gasteiger partial charge is 0.408 e. The van der Waals surface area contributed by atoms with E-state index in [-0.39, 0.29) is 6.29 Å². The van der Waals surface area contributed by atoms with Gasteiger partial charge in [-0.1, -0.05) is 0 Å². The molecule has 0 aromatic rings. The van der Waals surface area contributed by atoms with Crippen molar-refractivity contribution < 1.29 is 34.8 Å². The number of hydrogen-bond acceptors (Lipinski definition) is 7. The summed E-state index contributed by atoms with van der Waals surface area (Å²) in [6.45, 7) is 4.05. The van der Waals surface area contributed by atoms with Crippen molar-refractivity contribution in [3.8, 4) is 0 Å². The molecule has 0 saturated carbocycles. The van der Waals surface area contributed by atoms with Gasteiger partial charge in [-0.25, -0.2) is 4.79 Å². The second kappa shape index (κ2) is 7.39. The highest BCUT2D eigenvalue weighted by molar-refractivity contribution is 5.73. The first-order chi connectivity index (χ1) is 8.62. The lowest BCUT2D eigenvalue weighted by atomic mass is 10.0. The Balaban J connectivity index is 4.58. The summed E-state index contributed by atoms with van der Waals surface area (Å²) in [6.07, 6.45) is -5.93. The summed E-state index contributed by atoms with van der Waals surface area (Å²) in [5, 5.41) is 38.8. The van der Waals surface area contributed by atoms with E-state index in [0.717, 1.165) is 0 Å². The minimum absolute atomic E-state index is 0.196. The summed E-state index contributed by atoms with van der Waals surface area (Å²) in [4.78, 5) is 22.2. The van der Waals surface area contributed by atoms with Crippen LogP contribution in [0.1, 0.15) is 20.8 Å². The number of aldehydes is 1. The van der Waals surface area contributed by atoms with Crippen molar-refractivity contribution >= 4 is 12.4 Å². The van der Waals surface area contributed by atoms with Crippen LogP contribution in [0, 0.1) is 0 Å². The van der Waals surface area contributed by atoms with Crippen LogP contribution in [-0.4, -0.2) is 69.4 Å². The van der Waals surface area contributed by atoms with Gasteiger partial charge in [-0.2, -0.15) is 0 Å². The van der Waals surface area contributed by atoms with E-state index in [0.29, 0.717) is 0 Å². The van der Waals surface area contributed by atoms with Gasteiger partial charge in [-0.15, -0.1) is 0 Å². The molecular formula is C11H21NO7. The van der Waals surface area contributed by atoms with Crippen molar-refractivity contribution in [3.05, 3.63) is 0 Å². The third kappa shape index (κ3) is 6.48. The van der Waals surface area contributed by atoms with Crippen LogP contribution in [0.2, 0.25) is 0 Å². The van der Waals surface area contributed by atoms with Crippen molar-refractivity contribution in [1.29, 1.82) is 0 Å². The molecule has 0 radical (unpaired) electrons. The molecular weight excluding hydrogens is 258 g/mol. The van der Waals surface area contributed by atoms with E-state index in [4.69, 9.17) is 14.9 Å². The van der Waals surface area contributed by atoms with Gasteiger partial charge >= 0.3 is 6.09 Å². The molecule has 0 rings (SSSR count). The SMILES string of the molecule is CC(C)(C)OC(=O)N[C@H](C=O)[C@H](O)[C@@H](O)[C@H](O)CO. The molecule has 0 aromatic heterocycles. The zero-order valence-electron chi connectivity index (χ0n) is 11.1. The Bertz CT molecular complexity index is 302. The van der Waals surface area contributed by atoms with Gasteiger partial charge in [0, 0.05) is 0 Å². The fraction of sp³-hybridized carbons (Fsp3) is 0.818. The number of carbonyl (C=O) groups excluding carboxylic acids is 2. The molecule has 1 amide bonds. The van der Waals surface area contributed by atoms with Gasteiger partial charge in [-0.3, -0.25) is 0 Å². The Morgan fingerprint density at radius 2 is 1.79 bits per heavy atom. The van der Waals surface area contributed by atoms with Crippen LogP contribution in [0.5, 0.6) is 0 Å². The molecule has 19 heavy (non-hydrogen) atoms. The van der Waals surface area contributed by atoms with Crippen molar-refractivity contribution in [2.45, 2.75) is 50.7 Å². The summed E-state index contributed by atoms with van der Waals surface area (Å²) in [7, 11) is 0. The van der Waals surface area contributed by atoms with Gasteiger partial charge in [0.2, 0.25) is 0 Å². The number of alkyl carbamates (subject to hydrolysis) is 1. The summed E-state index contributed by atoms with van der Waals surface area (Å²) in [5.41, 5.74) is -0.786. The van der Waals surface area contributed by atoms with Crippen LogP contribution in [-0.2, 0) is 9.53 Å². The van der Waals surface area contributed by atoms with Crippen molar-refractivity contribution in [1.82, 2.24) is 5.32 Å².